The molecule has 1 N–H and O–H groups in total. The molecule has 1 aliphatic rings. The number of amides is 1. The number of aromatic nitrogens is 3. The number of piperidine rings is 1. The van der Waals surface area contributed by atoms with Crippen LogP contribution >= 0.6 is 11.6 Å². The highest BCUT2D eigenvalue weighted by Crippen LogP contribution is 2.24. The Morgan fingerprint density at radius 1 is 1.28 bits per heavy atom. The van der Waals surface area contributed by atoms with Gasteiger partial charge in [0, 0.05) is 25.0 Å². The number of nitrogens with one attached hydrogen (secondary N) is 1. The van der Waals surface area contributed by atoms with Crippen LogP contribution in [0.4, 0.5) is 0 Å². The minimum absolute atomic E-state index is 0.109. The van der Waals surface area contributed by atoms with Crippen LogP contribution in [0.3, 0.4) is 0 Å². The SMILES string of the molecule is CNC1CCN(C(=O)c2nc(C(C)C)n(-c3ccccc3Cl)n2)CC1. The first kappa shape index (κ1) is 17.9. The zero-order valence-corrected chi connectivity index (χ0v) is 15.6. The predicted octanol–water partition coefficient (Wildman–Crippen LogP) is 2.87. The summed E-state index contributed by atoms with van der Waals surface area (Å²) in [5, 5.41) is 8.35. The van der Waals surface area contributed by atoms with Crippen molar-refractivity contribution in [1.82, 2.24) is 25.0 Å². The Morgan fingerprint density at radius 3 is 2.56 bits per heavy atom. The summed E-state index contributed by atoms with van der Waals surface area (Å²) in [7, 11) is 1.96. The second-order valence-electron chi connectivity index (χ2n) is 6.67. The third-order valence-corrected chi connectivity index (χ3v) is 4.93. The van der Waals surface area contributed by atoms with Gasteiger partial charge in [-0.05, 0) is 32.0 Å². The molecule has 0 atom stereocenters. The second-order valence-corrected chi connectivity index (χ2v) is 7.07. The predicted molar refractivity (Wildman–Crippen MR) is 98.4 cm³/mol. The van der Waals surface area contributed by atoms with Crippen LogP contribution in [0.25, 0.3) is 5.69 Å². The molecule has 1 aromatic carbocycles. The Balaban J connectivity index is 1.89. The Morgan fingerprint density at radius 2 is 1.96 bits per heavy atom. The molecule has 0 aliphatic carbocycles. The van der Waals surface area contributed by atoms with Gasteiger partial charge >= 0.3 is 0 Å². The minimum atomic E-state index is -0.109. The van der Waals surface area contributed by atoms with Crippen LogP contribution in [-0.2, 0) is 0 Å². The highest BCUT2D eigenvalue weighted by molar-refractivity contribution is 6.32. The van der Waals surface area contributed by atoms with Crippen LogP contribution in [0, 0.1) is 0 Å². The van der Waals surface area contributed by atoms with Crippen molar-refractivity contribution in [2.75, 3.05) is 20.1 Å². The largest absolute Gasteiger partial charge is 0.336 e. The maximum atomic E-state index is 12.8. The first-order valence-corrected chi connectivity index (χ1v) is 9.07. The summed E-state index contributed by atoms with van der Waals surface area (Å²) in [5.41, 5.74) is 0.744. The Bertz CT molecular complexity index is 750. The van der Waals surface area contributed by atoms with Gasteiger partial charge in [0.2, 0.25) is 5.82 Å². The minimum Gasteiger partial charge on any atom is -0.336 e. The lowest BCUT2D eigenvalue weighted by Gasteiger charge is -2.30. The smallest absolute Gasteiger partial charge is 0.293 e. The maximum Gasteiger partial charge on any atom is 0.293 e. The lowest BCUT2D eigenvalue weighted by atomic mass is 10.1. The van der Waals surface area contributed by atoms with E-state index in [-0.39, 0.29) is 17.6 Å². The summed E-state index contributed by atoms with van der Waals surface area (Å²) in [5.74, 6) is 0.996. The van der Waals surface area contributed by atoms with Gasteiger partial charge in [-0.3, -0.25) is 4.79 Å². The first-order chi connectivity index (χ1) is 12.0. The van der Waals surface area contributed by atoms with Gasteiger partial charge in [-0.2, -0.15) is 0 Å². The van der Waals surface area contributed by atoms with E-state index in [4.69, 9.17) is 11.6 Å². The van der Waals surface area contributed by atoms with Gasteiger partial charge < -0.3 is 10.2 Å². The van der Waals surface area contributed by atoms with Crippen molar-refractivity contribution in [3.05, 3.63) is 40.9 Å². The van der Waals surface area contributed by atoms with Crippen molar-refractivity contribution in [1.29, 1.82) is 0 Å². The van der Waals surface area contributed by atoms with Crippen LogP contribution in [0.5, 0.6) is 0 Å². The Hall–Kier alpha value is -1.92. The van der Waals surface area contributed by atoms with Crippen molar-refractivity contribution in [3.8, 4) is 5.69 Å². The van der Waals surface area contributed by atoms with E-state index >= 15 is 0 Å². The van der Waals surface area contributed by atoms with Gasteiger partial charge in [-0.1, -0.05) is 37.6 Å². The molecule has 7 heteroatoms. The third kappa shape index (κ3) is 3.70. The van der Waals surface area contributed by atoms with Crippen molar-refractivity contribution < 1.29 is 4.79 Å². The van der Waals surface area contributed by atoms with Crippen molar-refractivity contribution in [3.63, 3.8) is 0 Å². The highest BCUT2D eigenvalue weighted by Gasteiger charge is 2.27. The quantitative estimate of drug-likeness (QED) is 0.909. The fourth-order valence-electron chi connectivity index (χ4n) is 3.10. The van der Waals surface area contributed by atoms with E-state index < -0.39 is 0 Å². The van der Waals surface area contributed by atoms with E-state index in [2.05, 4.69) is 15.4 Å². The number of halogens is 1. The molecule has 2 heterocycles. The molecule has 0 bridgehead atoms. The van der Waals surface area contributed by atoms with Crippen LogP contribution in [0.15, 0.2) is 24.3 Å². The third-order valence-electron chi connectivity index (χ3n) is 4.61. The molecule has 6 nitrogen and oxygen atoms in total. The van der Waals surface area contributed by atoms with E-state index in [0.29, 0.717) is 11.1 Å². The van der Waals surface area contributed by atoms with Crippen molar-refractivity contribution in [2.45, 2.75) is 38.6 Å². The fraction of sp³-hybridized carbons (Fsp3) is 0.500. The number of benzene rings is 1. The molecule has 1 fully saturated rings. The van der Waals surface area contributed by atoms with E-state index in [1.54, 1.807) is 4.68 Å². The van der Waals surface area contributed by atoms with Gasteiger partial charge in [-0.25, -0.2) is 9.67 Å². The fourth-order valence-corrected chi connectivity index (χ4v) is 3.32. The second kappa shape index (κ2) is 7.54. The van der Waals surface area contributed by atoms with Crippen LogP contribution in [-0.4, -0.2) is 51.8 Å². The van der Waals surface area contributed by atoms with Crippen LogP contribution < -0.4 is 5.32 Å². The molecule has 1 amide bonds. The summed E-state index contributed by atoms with van der Waals surface area (Å²) >= 11 is 6.31. The number of likely N-dealkylation sites (tertiary alicyclic amines) is 1. The van der Waals surface area contributed by atoms with Crippen molar-refractivity contribution >= 4 is 17.5 Å². The molecule has 134 valence electrons. The van der Waals surface area contributed by atoms with Gasteiger partial charge in [0.05, 0.1) is 10.7 Å². The van der Waals surface area contributed by atoms with Crippen LogP contribution in [0.2, 0.25) is 5.02 Å². The average molecular weight is 362 g/mol. The number of nitrogens with zero attached hydrogens (tertiary/aromatic N) is 4. The van der Waals surface area contributed by atoms with Crippen molar-refractivity contribution in [2.24, 2.45) is 0 Å². The molecular weight excluding hydrogens is 338 g/mol. The number of hydrogen-bond donors (Lipinski definition) is 1. The molecule has 0 unspecified atom stereocenters. The van der Waals surface area contributed by atoms with Crippen LogP contribution in [0.1, 0.15) is 49.1 Å². The number of rotatable bonds is 4. The topological polar surface area (TPSA) is 63.1 Å². The van der Waals surface area contributed by atoms with Gasteiger partial charge in [0.25, 0.3) is 5.91 Å². The molecule has 1 saturated heterocycles. The average Bonchev–Trinajstić information content (AvgIpc) is 3.07. The lowest BCUT2D eigenvalue weighted by molar-refractivity contribution is 0.0695. The molecule has 25 heavy (non-hydrogen) atoms. The summed E-state index contributed by atoms with van der Waals surface area (Å²) in [6.07, 6.45) is 1.90. The zero-order valence-electron chi connectivity index (χ0n) is 14.9. The monoisotopic (exact) mass is 361 g/mol. The molecule has 1 aromatic heterocycles. The first-order valence-electron chi connectivity index (χ1n) is 8.69. The number of hydrogen-bond acceptors (Lipinski definition) is 4. The highest BCUT2D eigenvalue weighted by atomic mass is 35.5. The van der Waals surface area contributed by atoms with E-state index in [1.807, 2.05) is 50.1 Å². The van der Waals surface area contributed by atoms with Gasteiger partial charge in [0.15, 0.2) is 0 Å². The molecule has 0 radical (unpaired) electrons. The molecule has 3 rings (SSSR count). The number of carbonyl (C=O) groups excluding carboxylic acids is 1. The summed E-state index contributed by atoms with van der Waals surface area (Å²) in [4.78, 5) is 19.2. The molecule has 1 aliphatic heterocycles. The number of para-hydroxylation sites is 1. The van der Waals surface area contributed by atoms with Gasteiger partial charge in [0.1, 0.15) is 5.82 Å². The maximum absolute atomic E-state index is 12.8. The Kier molecular flexibility index (Phi) is 5.39. The van der Waals surface area contributed by atoms with Gasteiger partial charge in [-0.15, -0.1) is 5.10 Å². The van der Waals surface area contributed by atoms with E-state index in [1.165, 1.54) is 0 Å². The Labute approximate surface area is 153 Å². The summed E-state index contributed by atoms with van der Waals surface area (Å²) in [6.45, 7) is 5.51. The molecule has 2 aromatic rings. The summed E-state index contributed by atoms with van der Waals surface area (Å²) < 4.78 is 1.70. The van der Waals surface area contributed by atoms with E-state index in [9.17, 15) is 4.79 Å². The zero-order chi connectivity index (χ0) is 18.0. The molecule has 0 saturated carbocycles. The number of carbonyl (C=O) groups is 1. The van der Waals surface area contributed by atoms with E-state index in [0.717, 1.165) is 37.4 Å². The molecular formula is C18H24ClN5O. The summed E-state index contributed by atoms with van der Waals surface area (Å²) in [6, 6.07) is 7.94. The lowest BCUT2D eigenvalue weighted by Crippen LogP contribution is -2.44. The molecule has 0 spiro atoms. The normalized spacial score (nSPS) is 15.8. The standard InChI is InChI=1S/C18H24ClN5O/c1-12(2)17-21-16(18(25)23-10-8-13(20-3)9-11-23)22-24(17)15-7-5-4-6-14(15)19/h4-7,12-13,20H,8-11H2,1-3H3.